The molecule has 0 aliphatic heterocycles. The first-order valence-corrected chi connectivity index (χ1v) is 6.27. The van der Waals surface area contributed by atoms with Crippen LogP contribution in [0.2, 0.25) is 0 Å². The molecule has 1 aliphatic rings. The molecule has 1 saturated carbocycles. The van der Waals surface area contributed by atoms with Gasteiger partial charge in [-0.2, -0.15) is 0 Å². The Balaban J connectivity index is 2.07. The number of hydrogen-bond donors (Lipinski definition) is 1. The third-order valence-electron chi connectivity index (χ3n) is 3.58. The number of aliphatic hydroxyl groups excluding tert-OH is 1. The van der Waals surface area contributed by atoms with Crippen molar-refractivity contribution in [3.63, 3.8) is 0 Å². The number of ether oxygens (including phenoxy) is 1. The summed E-state index contributed by atoms with van der Waals surface area (Å²) >= 11 is 0. The van der Waals surface area contributed by atoms with Crippen LogP contribution in [0, 0.1) is 17.3 Å². The topological polar surface area (TPSA) is 29.5 Å². The summed E-state index contributed by atoms with van der Waals surface area (Å²) in [5, 5.41) is 9.38. The third kappa shape index (κ3) is 4.52. The summed E-state index contributed by atoms with van der Waals surface area (Å²) in [5.74, 6) is 1.47. The van der Waals surface area contributed by atoms with Crippen molar-refractivity contribution in [2.24, 2.45) is 17.3 Å². The van der Waals surface area contributed by atoms with Crippen molar-refractivity contribution in [1.29, 1.82) is 0 Å². The molecule has 0 spiro atoms. The summed E-state index contributed by atoms with van der Waals surface area (Å²) in [7, 11) is 0. The molecule has 1 aliphatic carbocycles. The Kier molecular flexibility index (Phi) is 5.07. The van der Waals surface area contributed by atoms with E-state index >= 15 is 0 Å². The van der Waals surface area contributed by atoms with Crippen LogP contribution in [0.15, 0.2) is 0 Å². The third-order valence-corrected chi connectivity index (χ3v) is 3.58. The van der Waals surface area contributed by atoms with Gasteiger partial charge < -0.3 is 9.84 Å². The van der Waals surface area contributed by atoms with Crippen molar-refractivity contribution in [2.75, 3.05) is 19.8 Å². The molecule has 1 unspecified atom stereocenters. The van der Waals surface area contributed by atoms with Crippen LogP contribution >= 0.6 is 0 Å². The zero-order valence-corrected chi connectivity index (χ0v) is 10.5. The summed E-state index contributed by atoms with van der Waals surface area (Å²) in [6, 6.07) is 0. The van der Waals surface area contributed by atoms with E-state index in [1.165, 1.54) is 12.8 Å². The Morgan fingerprint density at radius 3 is 2.47 bits per heavy atom. The van der Waals surface area contributed by atoms with Gasteiger partial charge in [0.1, 0.15) is 0 Å². The Morgan fingerprint density at radius 2 is 2.00 bits per heavy atom. The molecule has 0 aromatic rings. The number of aliphatic hydroxyl groups is 1. The largest absolute Gasteiger partial charge is 0.396 e. The fourth-order valence-electron chi connectivity index (χ4n) is 1.92. The monoisotopic (exact) mass is 214 g/mol. The summed E-state index contributed by atoms with van der Waals surface area (Å²) in [6.45, 7) is 8.60. The minimum absolute atomic E-state index is 0.123. The molecule has 1 fully saturated rings. The zero-order valence-electron chi connectivity index (χ0n) is 10.5. The molecular formula is C13H26O2. The smallest absolute Gasteiger partial charge is 0.0488 e. The maximum absolute atomic E-state index is 9.38. The van der Waals surface area contributed by atoms with Crippen LogP contribution in [0.5, 0.6) is 0 Å². The van der Waals surface area contributed by atoms with E-state index in [4.69, 9.17) is 4.74 Å². The lowest BCUT2D eigenvalue weighted by atomic mass is 9.83. The van der Waals surface area contributed by atoms with Crippen LogP contribution in [-0.4, -0.2) is 24.9 Å². The summed E-state index contributed by atoms with van der Waals surface area (Å²) in [5.41, 5.74) is 0.123. The van der Waals surface area contributed by atoms with Crippen molar-refractivity contribution in [2.45, 2.75) is 46.5 Å². The molecule has 90 valence electrons. The average Bonchev–Trinajstić information content (AvgIpc) is 3.00. The van der Waals surface area contributed by atoms with E-state index in [1.807, 2.05) is 0 Å². The molecule has 1 N–H and O–H groups in total. The highest BCUT2D eigenvalue weighted by Crippen LogP contribution is 2.47. The predicted molar refractivity (Wildman–Crippen MR) is 62.8 cm³/mol. The second kappa shape index (κ2) is 5.86. The Bertz CT molecular complexity index is 175. The molecule has 0 saturated heterocycles. The second-order valence-electron chi connectivity index (χ2n) is 5.63. The molecule has 0 heterocycles. The van der Waals surface area contributed by atoms with E-state index in [2.05, 4.69) is 20.8 Å². The summed E-state index contributed by atoms with van der Waals surface area (Å²) < 4.78 is 5.61. The molecule has 15 heavy (non-hydrogen) atoms. The van der Waals surface area contributed by atoms with Crippen LogP contribution < -0.4 is 0 Å². The van der Waals surface area contributed by atoms with E-state index in [0.29, 0.717) is 6.61 Å². The molecule has 0 aromatic heterocycles. The summed E-state index contributed by atoms with van der Waals surface area (Å²) in [4.78, 5) is 0. The summed E-state index contributed by atoms with van der Waals surface area (Å²) in [6.07, 6.45) is 4.73. The fourth-order valence-corrected chi connectivity index (χ4v) is 1.92. The molecule has 0 aromatic carbocycles. The zero-order chi connectivity index (χ0) is 11.3. The van der Waals surface area contributed by atoms with Crippen LogP contribution in [0.4, 0.5) is 0 Å². The van der Waals surface area contributed by atoms with Crippen molar-refractivity contribution in [3.8, 4) is 0 Å². The maximum atomic E-state index is 9.38. The second-order valence-corrected chi connectivity index (χ2v) is 5.63. The first-order valence-electron chi connectivity index (χ1n) is 6.27. The lowest BCUT2D eigenvalue weighted by molar-refractivity contribution is 0.0505. The van der Waals surface area contributed by atoms with Gasteiger partial charge in [-0.1, -0.05) is 20.8 Å². The molecule has 1 atom stereocenters. The molecule has 0 bridgehead atoms. The first-order chi connectivity index (χ1) is 7.08. The van der Waals surface area contributed by atoms with Gasteiger partial charge in [0.2, 0.25) is 0 Å². The van der Waals surface area contributed by atoms with Crippen molar-refractivity contribution < 1.29 is 9.84 Å². The predicted octanol–water partition coefficient (Wildman–Crippen LogP) is 2.85. The van der Waals surface area contributed by atoms with Gasteiger partial charge in [0, 0.05) is 19.8 Å². The first kappa shape index (κ1) is 13.0. The average molecular weight is 214 g/mol. The highest BCUT2D eigenvalue weighted by molar-refractivity contribution is 4.90. The van der Waals surface area contributed by atoms with Crippen LogP contribution in [-0.2, 0) is 4.74 Å². The SMILES string of the molecule is CC(C)CCOCCC(C)(CO)C1CC1. The fraction of sp³-hybridized carbons (Fsp3) is 1.00. The van der Waals surface area contributed by atoms with E-state index < -0.39 is 0 Å². The van der Waals surface area contributed by atoms with Crippen molar-refractivity contribution >= 4 is 0 Å². The van der Waals surface area contributed by atoms with E-state index in [9.17, 15) is 5.11 Å². The molecule has 0 amide bonds. The van der Waals surface area contributed by atoms with Crippen molar-refractivity contribution in [3.05, 3.63) is 0 Å². The van der Waals surface area contributed by atoms with E-state index in [1.54, 1.807) is 0 Å². The minimum Gasteiger partial charge on any atom is -0.396 e. The standard InChI is InChI=1S/C13H26O2/c1-11(2)6-8-15-9-7-13(3,10-14)12-4-5-12/h11-12,14H,4-10H2,1-3H3. The quantitative estimate of drug-likeness (QED) is 0.630. The van der Waals surface area contributed by atoms with Crippen molar-refractivity contribution in [1.82, 2.24) is 0 Å². The molecule has 2 heteroatoms. The molecular weight excluding hydrogens is 188 g/mol. The van der Waals surface area contributed by atoms with Crippen LogP contribution in [0.1, 0.15) is 46.5 Å². The van der Waals surface area contributed by atoms with Gasteiger partial charge in [-0.05, 0) is 42.9 Å². The Labute approximate surface area is 94.0 Å². The molecule has 2 nitrogen and oxygen atoms in total. The minimum atomic E-state index is 0.123. The number of rotatable bonds is 8. The molecule has 1 rings (SSSR count). The van der Waals surface area contributed by atoms with Gasteiger partial charge >= 0.3 is 0 Å². The Morgan fingerprint density at radius 1 is 1.33 bits per heavy atom. The van der Waals surface area contributed by atoms with Gasteiger partial charge in [-0.25, -0.2) is 0 Å². The van der Waals surface area contributed by atoms with Gasteiger partial charge in [-0.15, -0.1) is 0 Å². The highest BCUT2D eigenvalue weighted by Gasteiger charge is 2.40. The highest BCUT2D eigenvalue weighted by atomic mass is 16.5. The van der Waals surface area contributed by atoms with Gasteiger partial charge in [-0.3, -0.25) is 0 Å². The van der Waals surface area contributed by atoms with Gasteiger partial charge in [0.05, 0.1) is 0 Å². The lowest BCUT2D eigenvalue weighted by Gasteiger charge is -2.27. The van der Waals surface area contributed by atoms with Gasteiger partial charge in [0.15, 0.2) is 0 Å². The van der Waals surface area contributed by atoms with Crippen LogP contribution in [0.25, 0.3) is 0 Å². The maximum Gasteiger partial charge on any atom is 0.0488 e. The Hall–Kier alpha value is -0.0800. The van der Waals surface area contributed by atoms with E-state index in [0.717, 1.165) is 37.9 Å². The molecule has 0 radical (unpaired) electrons. The normalized spacial score (nSPS) is 20.6. The lowest BCUT2D eigenvalue weighted by Crippen LogP contribution is -2.26. The number of hydrogen-bond acceptors (Lipinski definition) is 2. The van der Waals surface area contributed by atoms with E-state index in [-0.39, 0.29) is 5.41 Å². The van der Waals surface area contributed by atoms with Gasteiger partial charge in [0.25, 0.3) is 0 Å². The van der Waals surface area contributed by atoms with Crippen LogP contribution in [0.3, 0.4) is 0 Å².